The van der Waals surface area contributed by atoms with Crippen molar-refractivity contribution in [3.05, 3.63) is 65.5 Å². The molecule has 2 heterocycles. The zero-order valence-corrected chi connectivity index (χ0v) is 18.3. The number of carbonyl (C=O) groups excluding carboxylic acids is 2. The Morgan fingerprint density at radius 1 is 1.22 bits per heavy atom. The Balaban J connectivity index is 1.43. The van der Waals surface area contributed by atoms with Crippen molar-refractivity contribution >= 4 is 11.8 Å². The maximum absolute atomic E-state index is 13.7. The minimum absolute atomic E-state index is 0.0139. The number of carbonyl (C=O) groups is 2. The maximum Gasteiger partial charge on any atom is 0.228 e. The fraction of sp³-hybridized carbons (Fsp3) is 0.440. The second-order valence-electron chi connectivity index (χ2n) is 8.51. The van der Waals surface area contributed by atoms with Gasteiger partial charge in [-0.15, -0.1) is 0 Å². The summed E-state index contributed by atoms with van der Waals surface area (Å²) in [5.74, 6) is -0.0709. The number of hydrogen-bond acceptors (Lipinski definition) is 4. The molecule has 0 radical (unpaired) electrons. The Labute approximate surface area is 187 Å². The van der Waals surface area contributed by atoms with Crippen LogP contribution in [-0.2, 0) is 27.4 Å². The molecule has 7 heteroatoms. The van der Waals surface area contributed by atoms with Crippen molar-refractivity contribution in [1.82, 2.24) is 9.80 Å². The van der Waals surface area contributed by atoms with E-state index >= 15 is 0 Å². The van der Waals surface area contributed by atoms with Crippen molar-refractivity contribution in [2.75, 3.05) is 26.8 Å². The molecule has 32 heavy (non-hydrogen) atoms. The summed E-state index contributed by atoms with van der Waals surface area (Å²) in [4.78, 5) is 29.5. The molecule has 170 valence electrons. The lowest BCUT2D eigenvalue weighted by Gasteiger charge is -2.28. The normalized spacial score (nSPS) is 20.6. The van der Waals surface area contributed by atoms with Crippen LogP contribution in [0.25, 0.3) is 0 Å². The third-order valence-corrected chi connectivity index (χ3v) is 6.12. The first kappa shape index (κ1) is 22.3. The molecule has 0 spiro atoms. The van der Waals surface area contributed by atoms with E-state index in [4.69, 9.17) is 9.47 Å². The van der Waals surface area contributed by atoms with Crippen LogP contribution in [0.2, 0.25) is 0 Å². The summed E-state index contributed by atoms with van der Waals surface area (Å²) in [6, 6.07) is 13.9. The van der Waals surface area contributed by atoms with Gasteiger partial charge in [0.1, 0.15) is 11.6 Å². The molecule has 0 bridgehead atoms. The van der Waals surface area contributed by atoms with E-state index in [1.807, 2.05) is 30.3 Å². The van der Waals surface area contributed by atoms with Gasteiger partial charge in [-0.2, -0.15) is 0 Å². The van der Waals surface area contributed by atoms with Gasteiger partial charge in [-0.05, 0) is 48.2 Å². The first-order valence-electron chi connectivity index (χ1n) is 11.1. The van der Waals surface area contributed by atoms with Crippen molar-refractivity contribution < 1.29 is 23.5 Å². The first-order valence-corrected chi connectivity index (χ1v) is 11.1. The van der Waals surface area contributed by atoms with Crippen LogP contribution >= 0.6 is 0 Å². The Morgan fingerprint density at radius 3 is 2.72 bits per heavy atom. The highest BCUT2D eigenvalue weighted by atomic mass is 19.1. The molecule has 6 nitrogen and oxygen atoms in total. The molecule has 0 N–H and O–H groups in total. The van der Waals surface area contributed by atoms with E-state index in [2.05, 4.69) is 0 Å². The largest absolute Gasteiger partial charge is 0.497 e. The van der Waals surface area contributed by atoms with Gasteiger partial charge in [-0.1, -0.05) is 24.3 Å². The molecule has 0 aromatic heterocycles. The average Bonchev–Trinajstić information content (AvgIpc) is 3.43. The summed E-state index contributed by atoms with van der Waals surface area (Å²) in [6.45, 7) is 2.31. The van der Waals surface area contributed by atoms with Crippen LogP contribution in [0.5, 0.6) is 5.75 Å². The quantitative estimate of drug-likeness (QED) is 0.632. The minimum atomic E-state index is -0.407. The summed E-state index contributed by atoms with van der Waals surface area (Å²) in [5, 5.41) is 0. The van der Waals surface area contributed by atoms with Gasteiger partial charge < -0.3 is 19.3 Å². The summed E-state index contributed by atoms with van der Waals surface area (Å²) >= 11 is 0. The third kappa shape index (κ3) is 5.46. The van der Waals surface area contributed by atoms with Crippen LogP contribution < -0.4 is 4.74 Å². The monoisotopic (exact) mass is 440 g/mol. The number of ether oxygens (including phenoxy) is 2. The molecule has 2 unspecified atom stereocenters. The van der Waals surface area contributed by atoms with Crippen molar-refractivity contribution in [3.8, 4) is 5.75 Å². The van der Waals surface area contributed by atoms with Crippen molar-refractivity contribution in [1.29, 1.82) is 0 Å². The van der Waals surface area contributed by atoms with Crippen molar-refractivity contribution in [3.63, 3.8) is 0 Å². The number of methoxy groups -OCH3 is 1. The molecule has 2 amide bonds. The molecule has 2 aromatic rings. The van der Waals surface area contributed by atoms with E-state index in [1.165, 1.54) is 12.1 Å². The van der Waals surface area contributed by atoms with Crippen LogP contribution in [0, 0.1) is 11.7 Å². The topological polar surface area (TPSA) is 59.1 Å². The first-order chi connectivity index (χ1) is 15.5. The van der Waals surface area contributed by atoms with Crippen molar-refractivity contribution in [2.24, 2.45) is 5.92 Å². The Hall–Kier alpha value is -2.93. The van der Waals surface area contributed by atoms with Gasteiger partial charge in [0.15, 0.2) is 0 Å². The number of amides is 2. The Morgan fingerprint density at radius 2 is 2.03 bits per heavy atom. The van der Waals surface area contributed by atoms with Crippen LogP contribution in [0.4, 0.5) is 4.39 Å². The molecule has 2 aliphatic rings. The van der Waals surface area contributed by atoms with Gasteiger partial charge in [0, 0.05) is 39.2 Å². The number of hydrogen-bond donors (Lipinski definition) is 0. The van der Waals surface area contributed by atoms with Gasteiger partial charge in [0.05, 0.1) is 19.1 Å². The van der Waals surface area contributed by atoms with E-state index in [0.717, 1.165) is 29.7 Å². The summed E-state index contributed by atoms with van der Waals surface area (Å²) in [6.07, 6.45) is 2.06. The average molecular weight is 441 g/mol. The second-order valence-corrected chi connectivity index (χ2v) is 8.51. The number of benzene rings is 2. The van der Waals surface area contributed by atoms with E-state index in [0.29, 0.717) is 32.8 Å². The van der Waals surface area contributed by atoms with E-state index in [-0.39, 0.29) is 30.2 Å². The molecule has 0 saturated carbocycles. The summed E-state index contributed by atoms with van der Waals surface area (Å²) in [5.41, 5.74) is 1.72. The fourth-order valence-corrected chi connectivity index (χ4v) is 4.42. The van der Waals surface area contributed by atoms with Crippen LogP contribution in [0.3, 0.4) is 0 Å². The van der Waals surface area contributed by atoms with Crippen LogP contribution in [-0.4, -0.2) is 54.5 Å². The molecule has 2 saturated heterocycles. The highest BCUT2D eigenvalue weighted by Gasteiger charge is 2.37. The van der Waals surface area contributed by atoms with E-state index in [9.17, 15) is 14.0 Å². The number of halogens is 1. The molecular weight excluding hydrogens is 411 g/mol. The van der Waals surface area contributed by atoms with Gasteiger partial charge in [0.25, 0.3) is 0 Å². The molecule has 2 fully saturated rings. The summed E-state index contributed by atoms with van der Waals surface area (Å²) in [7, 11) is 1.61. The Bertz CT molecular complexity index is 943. The van der Waals surface area contributed by atoms with Gasteiger partial charge in [-0.3, -0.25) is 9.59 Å². The van der Waals surface area contributed by atoms with Gasteiger partial charge in [0.2, 0.25) is 11.8 Å². The molecule has 2 aliphatic heterocycles. The van der Waals surface area contributed by atoms with Gasteiger partial charge in [-0.25, -0.2) is 4.39 Å². The Kier molecular flexibility index (Phi) is 7.05. The highest BCUT2D eigenvalue weighted by molar-refractivity contribution is 5.89. The number of nitrogens with zero attached hydrogens (tertiary/aromatic N) is 2. The van der Waals surface area contributed by atoms with Gasteiger partial charge >= 0.3 is 0 Å². The molecule has 2 atom stereocenters. The highest BCUT2D eigenvalue weighted by Crippen LogP contribution is 2.25. The fourth-order valence-electron chi connectivity index (χ4n) is 4.42. The predicted octanol–water partition coefficient (Wildman–Crippen LogP) is 3.39. The van der Waals surface area contributed by atoms with Crippen LogP contribution in [0.15, 0.2) is 48.5 Å². The number of rotatable bonds is 8. The molecular formula is C25H29FN2O4. The second kappa shape index (κ2) is 10.1. The van der Waals surface area contributed by atoms with Crippen molar-refractivity contribution in [2.45, 2.75) is 38.5 Å². The lowest BCUT2D eigenvalue weighted by atomic mass is 10.1. The zero-order chi connectivity index (χ0) is 22.5. The lowest BCUT2D eigenvalue weighted by molar-refractivity contribution is -0.138. The lowest BCUT2D eigenvalue weighted by Crippen LogP contribution is -2.41. The molecule has 4 rings (SSSR count). The molecule has 2 aromatic carbocycles. The predicted molar refractivity (Wildman–Crippen MR) is 117 cm³/mol. The standard InChI is InChI=1S/C25H29FN2O4/c1-31-22-9-7-18(8-10-22)14-27-16-20(13-24(27)29)25(30)28(17-23-6-3-11-32-23)15-19-4-2-5-21(26)12-19/h2,4-5,7-10,12,20,23H,3,6,11,13-17H2,1H3. The minimum Gasteiger partial charge on any atom is -0.497 e. The molecule has 0 aliphatic carbocycles. The summed E-state index contributed by atoms with van der Waals surface area (Å²) < 4.78 is 24.6. The maximum atomic E-state index is 13.7. The number of likely N-dealkylation sites (tertiary alicyclic amines) is 1. The van der Waals surface area contributed by atoms with Crippen LogP contribution in [0.1, 0.15) is 30.4 Å². The smallest absolute Gasteiger partial charge is 0.228 e. The van der Waals surface area contributed by atoms with E-state index in [1.54, 1.807) is 23.0 Å². The SMILES string of the molecule is COc1ccc(CN2CC(C(=O)N(Cc3cccc(F)c3)CC3CCCO3)CC2=O)cc1. The van der Waals surface area contributed by atoms with E-state index < -0.39 is 5.92 Å². The third-order valence-electron chi connectivity index (χ3n) is 6.12. The zero-order valence-electron chi connectivity index (χ0n) is 18.3.